The number of hydrogen-bond donors (Lipinski definition) is 2. The molecule has 1 aromatic carbocycles. The number of thioether (sulfide) groups is 1. The van der Waals surface area contributed by atoms with E-state index in [1.54, 1.807) is 0 Å². The summed E-state index contributed by atoms with van der Waals surface area (Å²) in [7, 11) is 4.17. The van der Waals surface area contributed by atoms with Gasteiger partial charge in [0, 0.05) is 16.9 Å². The summed E-state index contributed by atoms with van der Waals surface area (Å²) >= 11 is 1.38. The maximum absolute atomic E-state index is 12.7. The zero-order chi connectivity index (χ0) is 21.0. The van der Waals surface area contributed by atoms with Gasteiger partial charge in [0.25, 0.3) is 0 Å². The van der Waals surface area contributed by atoms with Crippen molar-refractivity contribution in [2.75, 3.05) is 31.7 Å². The van der Waals surface area contributed by atoms with Crippen LogP contribution in [-0.2, 0) is 24.2 Å². The summed E-state index contributed by atoms with van der Waals surface area (Å²) in [6.45, 7) is 5.60. The van der Waals surface area contributed by atoms with Crippen molar-refractivity contribution in [1.29, 1.82) is 0 Å². The lowest BCUT2D eigenvalue weighted by Gasteiger charge is -2.23. The van der Waals surface area contributed by atoms with E-state index in [-0.39, 0.29) is 17.3 Å². The van der Waals surface area contributed by atoms with Crippen LogP contribution in [-0.4, -0.2) is 41.9 Å². The summed E-state index contributed by atoms with van der Waals surface area (Å²) < 4.78 is 1.85. The standard InChI is InChI=1S/C22H30N4O2S/c1-15-9-10-18(16(2)13-15)23-20(27)14-29-21-17-7-5-6-8-19(17)26(22(28)24-21)12-11-25(3)4/h9-10,13H,5-8,11-12,14H2,1-4H3,(H,23,27)/p+1. The molecule has 0 spiro atoms. The van der Waals surface area contributed by atoms with Crippen LogP contribution in [0.1, 0.15) is 35.2 Å². The number of anilines is 1. The summed E-state index contributed by atoms with van der Waals surface area (Å²) in [5.74, 6) is 0.173. The molecule has 2 aromatic rings. The topological polar surface area (TPSA) is 68.4 Å². The summed E-state index contributed by atoms with van der Waals surface area (Å²) in [6.07, 6.45) is 4.05. The highest BCUT2D eigenvalue weighted by molar-refractivity contribution is 8.00. The second-order valence-corrected chi connectivity index (χ2v) is 9.06. The first kappa shape index (κ1) is 21.6. The summed E-state index contributed by atoms with van der Waals surface area (Å²) in [5, 5.41) is 3.70. The number of aryl methyl sites for hydroxylation is 2. The van der Waals surface area contributed by atoms with Crippen LogP contribution >= 0.6 is 11.8 Å². The van der Waals surface area contributed by atoms with Gasteiger partial charge in [0.2, 0.25) is 5.91 Å². The number of benzene rings is 1. The molecule has 3 rings (SSSR count). The molecule has 1 aliphatic rings. The molecular weight excluding hydrogens is 384 g/mol. The Labute approximate surface area is 176 Å². The molecule has 7 heteroatoms. The van der Waals surface area contributed by atoms with Crippen LogP contribution in [0.5, 0.6) is 0 Å². The molecule has 156 valence electrons. The van der Waals surface area contributed by atoms with Crippen LogP contribution in [0.25, 0.3) is 0 Å². The van der Waals surface area contributed by atoms with Crippen molar-refractivity contribution >= 4 is 23.4 Å². The molecule has 6 nitrogen and oxygen atoms in total. The number of carbonyl (C=O) groups is 1. The average Bonchev–Trinajstić information content (AvgIpc) is 2.67. The van der Waals surface area contributed by atoms with Gasteiger partial charge in [-0.3, -0.25) is 9.36 Å². The molecule has 0 radical (unpaired) electrons. The van der Waals surface area contributed by atoms with Crippen molar-refractivity contribution in [2.45, 2.75) is 51.1 Å². The Hall–Kier alpha value is -2.12. The fraction of sp³-hybridized carbons (Fsp3) is 0.500. The average molecular weight is 416 g/mol. The molecule has 0 fully saturated rings. The minimum atomic E-state index is -0.191. The van der Waals surface area contributed by atoms with Crippen LogP contribution in [0.2, 0.25) is 0 Å². The Morgan fingerprint density at radius 3 is 2.72 bits per heavy atom. The number of quaternary nitrogens is 1. The molecule has 29 heavy (non-hydrogen) atoms. The van der Waals surface area contributed by atoms with Gasteiger partial charge in [0.1, 0.15) is 5.03 Å². The van der Waals surface area contributed by atoms with Crippen LogP contribution in [0.4, 0.5) is 5.69 Å². The van der Waals surface area contributed by atoms with E-state index in [1.807, 2.05) is 30.5 Å². The Bertz CT molecular complexity index is 953. The minimum Gasteiger partial charge on any atom is -0.338 e. The zero-order valence-electron chi connectivity index (χ0n) is 17.8. The van der Waals surface area contributed by atoms with Crippen LogP contribution < -0.4 is 15.9 Å². The highest BCUT2D eigenvalue weighted by Crippen LogP contribution is 2.28. The number of likely N-dealkylation sites (N-methyl/N-ethyl adjacent to an activating group) is 1. The quantitative estimate of drug-likeness (QED) is 0.533. The molecule has 2 N–H and O–H groups in total. The number of fused-ring (bicyclic) bond motifs is 1. The second kappa shape index (κ2) is 9.59. The van der Waals surface area contributed by atoms with Gasteiger partial charge in [-0.25, -0.2) is 4.79 Å². The maximum atomic E-state index is 12.7. The lowest BCUT2D eigenvalue weighted by Crippen LogP contribution is -3.06. The molecular formula is C22H31N4O2S+. The van der Waals surface area contributed by atoms with E-state index in [0.717, 1.165) is 59.8 Å². The molecule has 0 bridgehead atoms. The number of nitrogens with one attached hydrogen (secondary N) is 2. The van der Waals surface area contributed by atoms with Gasteiger partial charge in [-0.1, -0.05) is 29.5 Å². The first-order valence-electron chi connectivity index (χ1n) is 10.3. The number of amides is 1. The van der Waals surface area contributed by atoms with Crippen molar-refractivity contribution in [3.63, 3.8) is 0 Å². The van der Waals surface area contributed by atoms with Gasteiger partial charge in [-0.05, 0) is 51.2 Å². The van der Waals surface area contributed by atoms with E-state index >= 15 is 0 Å². The second-order valence-electron chi connectivity index (χ2n) is 8.10. The summed E-state index contributed by atoms with van der Waals surface area (Å²) in [4.78, 5) is 30.8. The van der Waals surface area contributed by atoms with Gasteiger partial charge in [-0.2, -0.15) is 4.98 Å². The lowest BCUT2D eigenvalue weighted by atomic mass is 9.97. The number of carbonyl (C=O) groups excluding carboxylic acids is 1. The summed E-state index contributed by atoms with van der Waals surface area (Å²) in [5.41, 5.74) is 5.14. The van der Waals surface area contributed by atoms with Crippen LogP contribution in [0.15, 0.2) is 28.0 Å². The Balaban J connectivity index is 1.74. The van der Waals surface area contributed by atoms with Gasteiger partial charge in [0.15, 0.2) is 0 Å². The molecule has 0 aliphatic heterocycles. The van der Waals surface area contributed by atoms with Crippen LogP contribution in [0.3, 0.4) is 0 Å². The number of hydrogen-bond acceptors (Lipinski definition) is 4. The van der Waals surface area contributed by atoms with Crippen molar-refractivity contribution in [2.24, 2.45) is 0 Å². The van der Waals surface area contributed by atoms with E-state index in [0.29, 0.717) is 6.54 Å². The SMILES string of the molecule is Cc1ccc(NC(=O)CSc2nc(=O)n(CC[NH+](C)C)c3c2CCCC3)c(C)c1. The first-order valence-corrected chi connectivity index (χ1v) is 11.2. The smallest absolute Gasteiger partial charge is 0.338 e. The van der Waals surface area contributed by atoms with Crippen molar-refractivity contribution in [1.82, 2.24) is 9.55 Å². The van der Waals surface area contributed by atoms with E-state index in [9.17, 15) is 9.59 Å². The highest BCUT2D eigenvalue weighted by atomic mass is 32.2. The van der Waals surface area contributed by atoms with E-state index in [1.165, 1.54) is 22.2 Å². The molecule has 1 amide bonds. The predicted molar refractivity (Wildman–Crippen MR) is 118 cm³/mol. The largest absolute Gasteiger partial charge is 0.349 e. The third kappa shape index (κ3) is 5.48. The van der Waals surface area contributed by atoms with Gasteiger partial charge < -0.3 is 10.2 Å². The number of aromatic nitrogens is 2. The molecule has 0 saturated heterocycles. The third-order valence-electron chi connectivity index (χ3n) is 5.28. The fourth-order valence-electron chi connectivity index (χ4n) is 3.71. The predicted octanol–water partition coefficient (Wildman–Crippen LogP) is 1.61. The van der Waals surface area contributed by atoms with Crippen molar-refractivity contribution in [3.05, 3.63) is 51.1 Å². The van der Waals surface area contributed by atoms with Crippen LogP contribution in [0, 0.1) is 13.8 Å². The maximum Gasteiger partial charge on any atom is 0.349 e. The van der Waals surface area contributed by atoms with Gasteiger partial charge in [0.05, 0.1) is 32.9 Å². The Morgan fingerprint density at radius 1 is 1.24 bits per heavy atom. The highest BCUT2D eigenvalue weighted by Gasteiger charge is 2.21. The molecule has 1 heterocycles. The van der Waals surface area contributed by atoms with E-state index in [4.69, 9.17) is 0 Å². The zero-order valence-corrected chi connectivity index (χ0v) is 18.6. The van der Waals surface area contributed by atoms with Crippen molar-refractivity contribution < 1.29 is 9.69 Å². The molecule has 1 aliphatic carbocycles. The Morgan fingerprint density at radius 2 is 2.00 bits per heavy atom. The normalized spacial score (nSPS) is 13.4. The fourth-order valence-corrected chi connectivity index (χ4v) is 4.58. The minimum absolute atomic E-state index is 0.0753. The van der Waals surface area contributed by atoms with E-state index in [2.05, 4.69) is 30.5 Å². The molecule has 0 saturated carbocycles. The lowest BCUT2D eigenvalue weighted by molar-refractivity contribution is -0.859. The monoisotopic (exact) mass is 415 g/mol. The van der Waals surface area contributed by atoms with Crippen molar-refractivity contribution in [3.8, 4) is 0 Å². The summed E-state index contributed by atoms with van der Waals surface area (Å²) in [6, 6.07) is 5.97. The van der Waals surface area contributed by atoms with Gasteiger partial charge >= 0.3 is 5.69 Å². The Kier molecular flexibility index (Phi) is 7.14. The number of nitrogens with zero attached hydrogens (tertiary/aromatic N) is 2. The first-order chi connectivity index (χ1) is 13.8. The molecule has 0 unspecified atom stereocenters. The van der Waals surface area contributed by atoms with Gasteiger partial charge in [-0.15, -0.1) is 0 Å². The molecule has 0 atom stereocenters. The van der Waals surface area contributed by atoms with E-state index < -0.39 is 0 Å². The number of rotatable bonds is 7. The molecule has 1 aromatic heterocycles. The third-order valence-corrected chi connectivity index (χ3v) is 6.30.